The van der Waals surface area contributed by atoms with Gasteiger partial charge in [-0.3, -0.25) is 4.79 Å². The predicted molar refractivity (Wildman–Crippen MR) is 94.8 cm³/mol. The minimum atomic E-state index is -0.876. The number of hydrogen-bond acceptors (Lipinski definition) is 3. The second-order valence-electron chi connectivity index (χ2n) is 5.72. The molecule has 1 amide bonds. The number of carbonyl (C=O) groups is 1. The summed E-state index contributed by atoms with van der Waals surface area (Å²) in [6.45, 7) is 2.88. The van der Waals surface area contributed by atoms with E-state index in [1.54, 1.807) is 47.4 Å². The van der Waals surface area contributed by atoms with Gasteiger partial charge in [0.05, 0.1) is 12.5 Å². The summed E-state index contributed by atoms with van der Waals surface area (Å²) in [5.41, 5.74) is 1.35. The average Bonchev–Trinajstić information content (AvgIpc) is 2.56. The third-order valence-corrected chi connectivity index (χ3v) is 4.07. The molecule has 0 saturated carbocycles. The fourth-order valence-electron chi connectivity index (χ4n) is 2.51. The van der Waals surface area contributed by atoms with Crippen molar-refractivity contribution in [2.75, 3.05) is 6.54 Å². The van der Waals surface area contributed by atoms with Gasteiger partial charge in [-0.05, 0) is 30.2 Å². The molecule has 0 aliphatic carbocycles. The van der Waals surface area contributed by atoms with E-state index in [0.717, 1.165) is 6.42 Å². The number of carbonyl (C=O) groups excluding carboxylic acids is 1. The highest BCUT2D eigenvalue weighted by atomic mass is 35.5. The Morgan fingerprint density at radius 3 is 2.46 bits per heavy atom. The molecule has 4 nitrogen and oxygen atoms in total. The summed E-state index contributed by atoms with van der Waals surface area (Å²) in [6, 6.07) is 13.8. The van der Waals surface area contributed by atoms with Crippen LogP contribution in [0.5, 0.6) is 5.75 Å². The molecule has 0 fully saturated rings. The van der Waals surface area contributed by atoms with Crippen LogP contribution in [0, 0.1) is 0 Å². The Morgan fingerprint density at radius 2 is 1.83 bits per heavy atom. The lowest BCUT2D eigenvalue weighted by Gasteiger charge is -2.24. The molecule has 2 rings (SSSR count). The van der Waals surface area contributed by atoms with Crippen molar-refractivity contribution in [3.8, 4) is 5.75 Å². The maximum atomic E-state index is 12.6. The monoisotopic (exact) mass is 347 g/mol. The highest BCUT2D eigenvalue weighted by Crippen LogP contribution is 2.22. The number of aliphatic hydroxyl groups excluding tert-OH is 1. The van der Waals surface area contributed by atoms with E-state index in [-0.39, 0.29) is 18.1 Å². The summed E-state index contributed by atoms with van der Waals surface area (Å²) in [5.74, 6) is 0.0206. The number of amides is 1. The van der Waals surface area contributed by atoms with Crippen LogP contribution in [0.4, 0.5) is 0 Å². The molecular formula is C19H22ClNO3. The van der Waals surface area contributed by atoms with Crippen LogP contribution < -0.4 is 0 Å². The van der Waals surface area contributed by atoms with Crippen molar-refractivity contribution >= 4 is 17.5 Å². The Bertz CT molecular complexity index is 673. The van der Waals surface area contributed by atoms with Gasteiger partial charge in [-0.2, -0.15) is 0 Å². The number of hydrogen-bond donors (Lipinski definition) is 2. The van der Waals surface area contributed by atoms with Crippen LogP contribution in [0.25, 0.3) is 0 Å². The van der Waals surface area contributed by atoms with Crippen LogP contribution in [-0.2, 0) is 11.3 Å². The molecule has 0 aliphatic heterocycles. The molecule has 2 N–H and O–H groups in total. The smallest absolute Gasteiger partial charge is 0.225 e. The quantitative estimate of drug-likeness (QED) is 0.798. The zero-order valence-corrected chi connectivity index (χ0v) is 14.4. The van der Waals surface area contributed by atoms with Gasteiger partial charge in [0.15, 0.2) is 0 Å². The fraction of sp³-hybridized carbons (Fsp3) is 0.316. The van der Waals surface area contributed by atoms with Gasteiger partial charge < -0.3 is 15.1 Å². The van der Waals surface area contributed by atoms with Crippen molar-refractivity contribution < 1.29 is 15.0 Å². The largest absolute Gasteiger partial charge is 0.508 e. The molecule has 1 atom stereocenters. The summed E-state index contributed by atoms with van der Waals surface area (Å²) in [6.07, 6.45) is -0.0792. The first-order valence-corrected chi connectivity index (χ1v) is 8.37. The first-order valence-electron chi connectivity index (χ1n) is 7.99. The second-order valence-corrected chi connectivity index (χ2v) is 6.15. The summed E-state index contributed by atoms with van der Waals surface area (Å²) >= 11 is 5.84. The molecule has 0 spiro atoms. The van der Waals surface area contributed by atoms with Crippen LogP contribution in [0.3, 0.4) is 0 Å². The van der Waals surface area contributed by atoms with Crippen molar-refractivity contribution in [2.45, 2.75) is 32.4 Å². The van der Waals surface area contributed by atoms with Gasteiger partial charge >= 0.3 is 0 Å². The summed E-state index contributed by atoms with van der Waals surface area (Å²) in [5, 5.41) is 20.8. The van der Waals surface area contributed by atoms with E-state index < -0.39 is 6.10 Å². The van der Waals surface area contributed by atoms with Gasteiger partial charge in [0, 0.05) is 23.7 Å². The molecule has 2 aromatic rings. The number of aliphatic hydroxyl groups is 1. The van der Waals surface area contributed by atoms with Gasteiger partial charge in [-0.15, -0.1) is 0 Å². The van der Waals surface area contributed by atoms with Crippen molar-refractivity contribution in [1.29, 1.82) is 0 Å². The van der Waals surface area contributed by atoms with E-state index in [4.69, 9.17) is 11.6 Å². The molecule has 0 radical (unpaired) electrons. The van der Waals surface area contributed by atoms with Crippen LogP contribution in [-0.4, -0.2) is 27.6 Å². The lowest BCUT2D eigenvalue weighted by atomic mass is 10.1. The predicted octanol–water partition coefficient (Wildman–Crippen LogP) is 3.91. The van der Waals surface area contributed by atoms with E-state index in [2.05, 4.69) is 0 Å². The first-order chi connectivity index (χ1) is 11.5. The van der Waals surface area contributed by atoms with E-state index in [0.29, 0.717) is 29.2 Å². The number of nitrogens with zero attached hydrogens (tertiary/aromatic N) is 1. The van der Waals surface area contributed by atoms with Crippen LogP contribution >= 0.6 is 11.6 Å². The molecule has 0 aliphatic rings. The van der Waals surface area contributed by atoms with Crippen LogP contribution in [0.15, 0.2) is 48.5 Å². The molecule has 24 heavy (non-hydrogen) atoms. The van der Waals surface area contributed by atoms with Gasteiger partial charge in [-0.25, -0.2) is 0 Å². The number of phenols is 1. The Hall–Kier alpha value is -2.04. The number of para-hydroxylation sites is 1. The van der Waals surface area contributed by atoms with Gasteiger partial charge in [0.2, 0.25) is 5.91 Å². The molecule has 0 heterocycles. The lowest BCUT2D eigenvalue weighted by Crippen LogP contribution is -2.32. The molecule has 2 aromatic carbocycles. The number of aromatic hydroxyl groups is 1. The van der Waals surface area contributed by atoms with Crippen molar-refractivity contribution in [2.24, 2.45) is 0 Å². The van der Waals surface area contributed by atoms with Crippen molar-refractivity contribution in [1.82, 2.24) is 4.90 Å². The van der Waals surface area contributed by atoms with Gasteiger partial charge in [0.25, 0.3) is 0 Å². The number of halogens is 1. The van der Waals surface area contributed by atoms with E-state index in [1.807, 2.05) is 13.0 Å². The number of rotatable bonds is 7. The average molecular weight is 348 g/mol. The third kappa shape index (κ3) is 4.98. The van der Waals surface area contributed by atoms with Crippen LogP contribution in [0.2, 0.25) is 5.02 Å². The number of benzene rings is 2. The topological polar surface area (TPSA) is 60.8 Å². The highest BCUT2D eigenvalue weighted by molar-refractivity contribution is 6.30. The summed E-state index contributed by atoms with van der Waals surface area (Å²) in [7, 11) is 0. The maximum absolute atomic E-state index is 12.6. The standard InChI is InChI=1S/C19H22ClNO3/c1-2-11-21(13-15-5-3-4-6-17(15)22)19(24)12-18(23)14-7-9-16(20)10-8-14/h3-10,18,22-23H,2,11-13H2,1H3. The van der Waals surface area contributed by atoms with Crippen molar-refractivity contribution in [3.05, 3.63) is 64.7 Å². The maximum Gasteiger partial charge on any atom is 0.225 e. The molecule has 0 saturated heterocycles. The Kier molecular flexibility index (Phi) is 6.64. The highest BCUT2D eigenvalue weighted by Gasteiger charge is 2.19. The van der Waals surface area contributed by atoms with E-state index in [1.165, 1.54) is 0 Å². The van der Waals surface area contributed by atoms with Crippen molar-refractivity contribution in [3.63, 3.8) is 0 Å². The fourth-order valence-corrected chi connectivity index (χ4v) is 2.64. The Balaban J connectivity index is 2.05. The Morgan fingerprint density at radius 1 is 1.17 bits per heavy atom. The SMILES string of the molecule is CCCN(Cc1ccccc1O)C(=O)CC(O)c1ccc(Cl)cc1. The normalized spacial score (nSPS) is 12.0. The number of phenolic OH excluding ortho intramolecular Hbond substituents is 1. The molecular weight excluding hydrogens is 326 g/mol. The molecule has 5 heteroatoms. The molecule has 128 valence electrons. The minimum Gasteiger partial charge on any atom is -0.508 e. The van der Waals surface area contributed by atoms with Gasteiger partial charge in [0.1, 0.15) is 5.75 Å². The molecule has 0 bridgehead atoms. The molecule has 0 aromatic heterocycles. The van der Waals surface area contributed by atoms with E-state index in [9.17, 15) is 15.0 Å². The lowest BCUT2D eigenvalue weighted by molar-refractivity contribution is -0.134. The minimum absolute atomic E-state index is 0.00473. The summed E-state index contributed by atoms with van der Waals surface area (Å²) < 4.78 is 0. The molecule has 1 unspecified atom stereocenters. The first kappa shape index (κ1) is 18.3. The van der Waals surface area contributed by atoms with E-state index >= 15 is 0 Å². The Labute approximate surface area is 147 Å². The van der Waals surface area contributed by atoms with Gasteiger partial charge in [-0.1, -0.05) is 48.9 Å². The summed E-state index contributed by atoms with van der Waals surface area (Å²) in [4.78, 5) is 14.2. The second kappa shape index (κ2) is 8.71. The zero-order chi connectivity index (χ0) is 17.5. The third-order valence-electron chi connectivity index (χ3n) is 3.82. The van der Waals surface area contributed by atoms with Crippen LogP contribution in [0.1, 0.15) is 37.0 Å². The zero-order valence-electron chi connectivity index (χ0n) is 13.7.